The Morgan fingerprint density at radius 2 is 1.59 bits per heavy atom. The van der Waals surface area contributed by atoms with Gasteiger partial charge in [0.15, 0.2) is 0 Å². The summed E-state index contributed by atoms with van der Waals surface area (Å²) in [4.78, 5) is 38.8. The second-order valence-corrected chi connectivity index (χ2v) is 7.06. The topological polar surface area (TPSA) is 66.5 Å². The number of hydrogen-bond acceptors (Lipinski definition) is 3. The zero-order chi connectivity index (χ0) is 19.0. The highest BCUT2D eigenvalue weighted by Gasteiger charge is 2.47. The number of halogens is 1. The summed E-state index contributed by atoms with van der Waals surface area (Å²) in [6.07, 6.45) is 5.07. The minimum absolute atomic E-state index is 0.188. The average Bonchev–Trinajstić information content (AvgIpc) is 2.95. The molecule has 1 N–H and O–H groups in total. The van der Waals surface area contributed by atoms with E-state index in [0.717, 1.165) is 0 Å². The van der Waals surface area contributed by atoms with Crippen molar-refractivity contribution in [1.82, 2.24) is 0 Å². The van der Waals surface area contributed by atoms with E-state index < -0.39 is 0 Å². The van der Waals surface area contributed by atoms with Crippen LogP contribution in [0.25, 0.3) is 0 Å². The van der Waals surface area contributed by atoms with Gasteiger partial charge in [0.1, 0.15) is 0 Å². The van der Waals surface area contributed by atoms with Gasteiger partial charge in [0.25, 0.3) is 5.91 Å². The molecule has 1 fully saturated rings. The van der Waals surface area contributed by atoms with Gasteiger partial charge in [-0.3, -0.25) is 14.4 Å². The number of nitrogens with one attached hydrogen (secondary N) is 1. The van der Waals surface area contributed by atoms with Crippen molar-refractivity contribution in [2.24, 2.45) is 11.8 Å². The molecule has 0 radical (unpaired) electrons. The zero-order valence-electron chi connectivity index (χ0n) is 14.4. The van der Waals surface area contributed by atoms with Crippen LogP contribution < -0.4 is 10.2 Å². The summed E-state index contributed by atoms with van der Waals surface area (Å²) < 4.78 is 0. The number of allylic oxidation sites excluding steroid dienone is 2. The van der Waals surface area contributed by atoms with E-state index >= 15 is 0 Å². The summed E-state index contributed by atoms with van der Waals surface area (Å²) in [5, 5.41) is 3.02. The molecule has 136 valence electrons. The van der Waals surface area contributed by atoms with E-state index in [1.54, 1.807) is 42.5 Å². The van der Waals surface area contributed by atoms with Gasteiger partial charge in [-0.2, -0.15) is 0 Å². The highest BCUT2D eigenvalue weighted by molar-refractivity contribution is 6.34. The van der Waals surface area contributed by atoms with Crippen molar-refractivity contribution in [1.29, 1.82) is 0 Å². The number of carbonyl (C=O) groups is 3. The third-order valence-electron chi connectivity index (χ3n) is 5.00. The zero-order valence-corrected chi connectivity index (χ0v) is 15.1. The first-order valence-corrected chi connectivity index (χ1v) is 9.13. The van der Waals surface area contributed by atoms with Crippen molar-refractivity contribution < 1.29 is 14.4 Å². The number of rotatable bonds is 3. The Morgan fingerprint density at radius 3 is 2.19 bits per heavy atom. The van der Waals surface area contributed by atoms with Crippen molar-refractivity contribution in [2.45, 2.75) is 12.8 Å². The highest BCUT2D eigenvalue weighted by Crippen LogP contribution is 2.39. The Kier molecular flexibility index (Phi) is 4.54. The predicted molar refractivity (Wildman–Crippen MR) is 104 cm³/mol. The van der Waals surface area contributed by atoms with E-state index in [0.29, 0.717) is 29.8 Å². The molecule has 1 aliphatic heterocycles. The van der Waals surface area contributed by atoms with E-state index in [1.807, 2.05) is 18.2 Å². The van der Waals surface area contributed by atoms with Crippen molar-refractivity contribution >= 4 is 40.7 Å². The Labute approximate surface area is 161 Å². The van der Waals surface area contributed by atoms with Crippen LogP contribution in [0.1, 0.15) is 23.2 Å². The van der Waals surface area contributed by atoms with Gasteiger partial charge in [0, 0.05) is 5.56 Å². The molecule has 1 heterocycles. The fourth-order valence-electron chi connectivity index (χ4n) is 3.58. The predicted octanol–water partition coefficient (Wildman–Crippen LogP) is 4.05. The number of amides is 3. The largest absolute Gasteiger partial charge is 0.321 e. The number of imide groups is 1. The lowest BCUT2D eigenvalue weighted by Crippen LogP contribution is -2.30. The average molecular weight is 381 g/mol. The normalized spacial score (nSPS) is 21.3. The molecule has 3 amide bonds. The van der Waals surface area contributed by atoms with Gasteiger partial charge in [0.2, 0.25) is 11.8 Å². The molecular formula is C21H17ClN2O3. The molecule has 27 heavy (non-hydrogen) atoms. The van der Waals surface area contributed by atoms with Crippen molar-refractivity contribution in [3.63, 3.8) is 0 Å². The first-order chi connectivity index (χ1) is 13.1. The first-order valence-electron chi connectivity index (χ1n) is 8.75. The molecule has 2 atom stereocenters. The van der Waals surface area contributed by atoms with Gasteiger partial charge >= 0.3 is 0 Å². The monoisotopic (exact) mass is 380 g/mol. The quantitative estimate of drug-likeness (QED) is 0.645. The Balaban J connectivity index is 1.56. The minimum Gasteiger partial charge on any atom is -0.321 e. The van der Waals surface area contributed by atoms with Crippen molar-refractivity contribution in [3.05, 3.63) is 71.3 Å². The van der Waals surface area contributed by atoms with Crippen molar-refractivity contribution in [3.8, 4) is 0 Å². The maximum atomic E-state index is 12.7. The van der Waals surface area contributed by atoms with Crippen LogP contribution in [-0.4, -0.2) is 17.7 Å². The Bertz CT molecular complexity index is 929. The third-order valence-corrected chi connectivity index (χ3v) is 5.32. The summed E-state index contributed by atoms with van der Waals surface area (Å²) >= 11 is 6.31. The molecule has 2 aliphatic rings. The number of hydrogen-bond donors (Lipinski definition) is 1. The van der Waals surface area contributed by atoms with Crippen LogP contribution in [0.3, 0.4) is 0 Å². The van der Waals surface area contributed by atoms with Gasteiger partial charge in [-0.15, -0.1) is 0 Å². The van der Waals surface area contributed by atoms with Crippen molar-refractivity contribution in [2.75, 3.05) is 10.2 Å². The number of carbonyl (C=O) groups excluding carboxylic acids is 3. The molecule has 1 saturated heterocycles. The number of nitrogens with zero attached hydrogens (tertiary/aromatic N) is 1. The molecule has 0 bridgehead atoms. The van der Waals surface area contributed by atoms with Crippen LogP contribution in [0.15, 0.2) is 60.7 Å². The summed E-state index contributed by atoms with van der Waals surface area (Å²) in [7, 11) is 0. The van der Waals surface area contributed by atoms with Gasteiger partial charge in [0.05, 0.1) is 28.2 Å². The Morgan fingerprint density at radius 1 is 0.963 bits per heavy atom. The van der Waals surface area contributed by atoms with E-state index in [4.69, 9.17) is 11.6 Å². The standard InChI is InChI=1S/C21H17ClN2O3/c22-17-12-14(24-20(26)15-8-4-5-9-16(15)21(24)27)10-11-18(17)23-19(25)13-6-2-1-3-7-13/h1-7,10-12,15-16H,8-9H2,(H,23,25)/t15-,16-/m0/s1. The molecule has 5 nitrogen and oxygen atoms in total. The van der Waals surface area contributed by atoms with Gasteiger partial charge in [-0.05, 0) is 43.2 Å². The summed E-state index contributed by atoms with van der Waals surface area (Å²) in [5.41, 5.74) is 1.37. The van der Waals surface area contributed by atoms with Gasteiger partial charge in [-0.25, -0.2) is 4.90 Å². The lowest BCUT2D eigenvalue weighted by molar-refractivity contribution is -0.122. The maximum absolute atomic E-state index is 12.7. The fourth-order valence-corrected chi connectivity index (χ4v) is 3.81. The molecular weight excluding hydrogens is 364 g/mol. The number of anilines is 2. The highest BCUT2D eigenvalue weighted by atomic mass is 35.5. The minimum atomic E-state index is -0.293. The van der Waals surface area contributed by atoms with Gasteiger partial charge < -0.3 is 5.32 Å². The van der Waals surface area contributed by atoms with Gasteiger partial charge in [-0.1, -0.05) is 42.0 Å². The summed E-state index contributed by atoms with van der Waals surface area (Å²) in [6, 6.07) is 13.6. The fraction of sp³-hybridized carbons (Fsp3) is 0.190. The number of benzene rings is 2. The van der Waals surface area contributed by atoms with E-state index in [9.17, 15) is 14.4 Å². The maximum Gasteiger partial charge on any atom is 0.255 e. The SMILES string of the molecule is O=C(Nc1ccc(N2C(=O)[C@H]3CC=CC[C@@H]3C2=O)cc1Cl)c1ccccc1. The summed E-state index contributed by atoms with van der Waals surface area (Å²) in [6.45, 7) is 0. The third kappa shape index (κ3) is 3.15. The second kappa shape index (κ2) is 7.00. The van der Waals surface area contributed by atoms with Crippen LogP contribution in [0.2, 0.25) is 5.02 Å². The van der Waals surface area contributed by atoms with Crippen LogP contribution in [0.5, 0.6) is 0 Å². The van der Waals surface area contributed by atoms with E-state index in [2.05, 4.69) is 5.32 Å². The molecule has 0 spiro atoms. The van der Waals surface area contributed by atoms with Crippen LogP contribution >= 0.6 is 11.6 Å². The Hall–Kier alpha value is -2.92. The van der Waals surface area contributed by atoms with Crippen LogP contribution in [-0.2, 0) is 9.59 Å². The number of fused-ring (bicyclic) bond motifs is 1. The molecule has 1 aliphatic carbocycles. The summed E-state index contributed by atoms with van der Waals surface area (Å²) in [5.74, 6) is -1.24. The second-order valence-electron chi connectivity index (χ2n) is 6.65. The molecule has 6 heteroatoms. The van der Waals surface area contributed by atoms with Crippen LogP contribution in [0, 0.1) is 11.8 Å². The molecule has 2 aromatic rings. The first kappa shape index (κ1) is 17.5. The van der Waals surface area contributed by atoms with E-state index in [1.165, 1.54) is 4.90 Å². The molecule has 0 aromatic heterocycles. The van der Waals surface area contributed by atoms with Crippen LogP contribution in [0.4, 0.5) is 11.4 Å². The smallest absolute Gasteiger partial charge is 0.255 e. The van der Waals surface area contributed by atoms with E-state index in [-0.39, 0.29) is 34.6 Å². The molecule has 4 rings (SSSR count). The molecule has 2 aromatic carbocycles. The lowest BCUT2D eigenvalue weighted by atomic mass is 9.85. The molecule has 0 saturated carbocycles. The molecule has 0 unspecified atom stereocenters. The lowest BCUT2D eigenvalue weighted by Gasteiger charge is -2.16.